The standard InChI is InChI=1S/C57H68ClN3O14.C50H56ClN5O9.2CH4/c1-33-28-45(63)48(61(11)50(65)39(14-12-13-27-59-52(68)73-55(2,3)4)32-44(62)37-18-16-35(17-19-37)36-20-23-40(58)24-21-36)38-22-26-47(72-54(70)75-57(8,9)10)42(31-38)41-29-34(30-43(51(66)67)60-49(33)64)15-25-46(41)71-53(69)74-56(5,6)7;1-28(47(62)54-39-19-21-53-49(39)64)22-44(60)40-25-30-7-17-41(57)37(24-30)38-26-34(14-18-42(38)58)46(45(61)23-29(2)48(63)55-40)56(3)50(65)35(6-4-5-20-52)27-43(59)33-10-8-31(9-11-33)32-12-15-36(51)16-13-32;;/h15-26,29,31,33,39,43,48H,12-14,27-28,30,32H2,1-11H3,(H,59,68)(H,60,64)(H,66,67);7-18,24,26,28-29,35,39-40,46,57-58H,4-6,19-23,25,27,52H2,1-3H3,(H,53,64)(H,54,62)(H,55,63);2*1H4/t33-,39-,43+,48+;28-,29-,35-,39-,40+,46+;;/m11../s1. The first-order valence-corrected chi connectivity index (χ1v) is 47.5. The van der Waals surface area contributed by atoms with Crippen LogP contribution in [0.25, 0.3) is 44.5 Å². The van der Waals surface area contributed by atoms with E-state index in [4.69, 9.17) is 52.6 Å². The number of alkyl carbamates (subject to hydrolysis) is 1. The van der Waals surface area contributed by atoms with E-state index in [1.807, 2.05) is 36.4 Å². The number of rotatable bonds is 29. The molecule has 0 saturated carbocycles. The van der Waals surface area contributed by atoms with E-state index < -0.39 is 154 Å². The van der Waals surface area contributed by atoms with Gasteiger partial charge in [-0.3, -0.25) is 52.7 Å². The number of carboxylic acids is 1. The van der Waals surface area contributed by atoms with Crippen molar-refractivity contribution >= 4 is 112 Å². The van der Waals surface area contributed by atoms with Gasteiger partial charge in [0.2, 0.25) is 35.4 Å². The van der Waals surface area contributed by atoms with Crippen LogP contribution in [-0.4, -0.2) is 183 Å². The van der Waals surface area contributed by atoms with Gasteiger partial charge in [0.25, 0.3) is 0 Å². The molecule has 31 nitrogen and oxygen atoms in total. The highest BCUT2D eigenvalue weighted by Gasteiger charge is 2.41. The molecule has 3 aliphatic rings. The van der Waals surface area contributed by atoms with Crippen molar-refractivity contribution in [3.63, 3.8) is 0 Å². The number of fused-ring (bicyclic) bond motifs is 10. The minimum atomic E-state index is -1.49. The molecule has 33 heteroatoms. The molecule has 10 N–H and O–H groups in total. The number of carbonyl (C=O) groups is 15. The zero-order chi connectivity index (χ0) is 103. The van der Waals surface area contributed by atoms with Gasteiger partial charge in [0.15, 0.2) is 28.9 Å². The second-order valence-corrected chi connectivity index (χ2v) is 39.7. The second-order valence-electron chi connectivity index (χ2n) is 38.8. The Hall–Kier alpha value is -13.7. The number of carbonyl (C=O) groups excluding carboxylic acids is 14. The van der Waals surface area contributed by atoms with Crippen molar-refractivity contribution in [3.05, 3.63) is 213 Å². The van der Waals surface area contributed by atoms with Gasteiger partial charge in [-0.2, -0.15) is 0 Å². The zero-order valence-corrected chi connectivity index (χ0v) is 82.7. The molecule has 142 heavy (non-hydrogen) atoms. The van der Waals surface area contributed by atoms with Crippen LogP contribution in [0.15, 0.2) is 170 Å². The van der Waals surface area contributed by atoms with Crippen molar-refractivity contribution in [2.45, 2.75) is 235 Å². The number of unbranched alkanes of at least 4 members (excludes halogenated alkanes) is 2. The number of benzene rings is 8. The number of halogens is 2. The number of ether oxygens (including phenoxy) is 5. The van der Waals surface area contributed by atoms with Gasteiger partial charge < -0.3 is 81.1 Å². The molecule has 8 aromatic carbocycles. The number of hydrogen-bond acceptors (Lipinski definition) is 23. The minimum Gasteiger partial charge on any atom is -0.507 e. The molecule has 3 heterocycles. The summed E-state index contributed by atoms with van der Waals surface area (Å²) in [5.74, 6) is -12.3. The largest absolute Gasteiger partial charge is 0.514 e. The Morgan fingerprint density at radius 1 is 0.486 bits per heavy atom. The smallest absolute Gasteiger partial charge is 0.507 e. The summed E-state index contributed by atoms with van der Waals surface area (Å²) >= 11 is 12.2. The summed E-state index contributed by atoms with van der Waals surface area (Å²) in [4.78, 5) is 208. The first-order valence-electron chi connectivity index (χ1n) is 46.7. The summed E-state index contributed by atoms with van der Waals surface area (Å²) in [6.45, 7) is 20.6. The van der Waals surface area contributed by atoms with Crippen molar-refractivity contribution in [2.24, 2.45) is 35.3 Å². The molecular weight excluding hydrogens is 1860 g/mol. The Bertz CT molecular complexity index is 5910. The van der Waals surface area contributed by atoms with E-state index in [1.165, 1.54) is 98.4 Å². The molecule has 1 saturated heterocycles. The van der Waals surface area contributed by atoms with Gasteiger partial charge in [-0.05, 0) is 225 Å². The number of aliphatic carboxylic acids is 1. The van der Waals surface area contributed by atoms with Crippen LogP contribution in [0.2, 0.25) is 10.0 Å². The number of ketones is 5. The average molecular weight is 1990 g/mol. The number of phenolic OH excluding ortho intramolecular Hbond substituents is 2. The Labute approximate surface area is 839 Å². The number of nitrogens with zero attached hydrogens (tertiary/aromatic N) is 2. The average Bonchev–Trinajstić information content (AvgIpc) is 0.826. The summed E-state index contributed by atoms with van der Waals surface area (Å²) < 4.78 is 27.9. The first kappa shape index (κ1) is 114. The van der Waals surface area contributed by atoms with E-state index in [2.05, 4.69) is 26.6 Å². The lowest BCUT2D eigenvalue weighted by molar-refractivity contribution is -0.144. The Morgan fingerprint density at radius 3 is 1.32 bits per heavy atom. The number of aromatic hydroxyl groups is 2. The quantitative estimate of drug-likeness (QED) is 0.00691. The third-order valence-electron chi connectivity index (χ3n) is 24.0. The summed E-state index contributed by atoms with van der Waals surface area (Å²) in [6, 6.07) is 40.0. The normalized spacial score (nSPS) is 17.7. The molecule has 10 atom stereocenters. The van der Waals surface area contributed by atoms with Gasteiger partial charge in [-0.25, -0.2) is 19.2 Å². The molecule has 8 aromatic rings. The van der Waals surface area contributed by atoms with Crippen LogP contribution >= 0.6 is 23.2 Å². The molecule has 3 aliphatic heterocycles. The van der Waals surface area contributed by atoms with Crippen LogP contribution in [-0.2, 0) is 75.0 Å². The van der Waals surface area contributed by atoms with Gasteiger partial charge in [0, 0.05) is 139 Å². The molecular formula is C109H132Cl2N8O23. The topological polar surface area (TPSA) is 456 Å². The number of phenols is 2. The summed E-state index contributed by atoms with van der Waals surface area (Å²) in [5, 5.41) is 47.2. The lowest BCUT2D eigenvalue weighted by Crippen LogP contribution is -2.47. The minimum absolute atomic E-state index is 0. The molecule has 0 radical (unpaired) electrons. The fourth-order valence-electron chi connectivity index (χ4n) is 16.7. The van der Waals surface area contributed by atoms with Gasteiger partial charge in [0.1, 0.15) is 64.0 Å². The van der Waals surface area contributed by atoms with Crippen LogP contribution in [0.4, 0.5) is 14.4 Å². The highest BCUT2D eigenvalue weighted by Crippen LogP contribution is 2.44. The zero-order valence-electron chi connectivity index (χ0n) is 81.2. The van der Waals surface area contributed by atoms with E-state index in [0.717, 1.165) is 22.3 Å². The van der Waals surface area contributed by atoms with Crippen LogP contribution in [0.3, 0.4) is 0 Å². The summed E-state index contributed by atoms with van der Waals surface area (Å²) in [5.41, 5.74) is 9.16. The number of Topliss-reactive ketones (excluding diaryl/α,β-unsaturated/α-hetero) is 5. The monoisotopic (exact) mass is 1990 g/mol. The molecule has 0 unspecified atom stereocenters. The molecule has 0 aromatic heterocycles. The molecule has 1 fully saturated rings. The van der Waals surface area contributed by atoms with E-state index in [9.17, 15) is 82.4 Å². The van der Waals surface area contributed by atoms with Crippen LogP contribution < -0.4 is 41.8 Å². The van der Waals surface area contributed by atoms with Gasteiger partial charge >= 0.3 is 24.4 Å². The van der Waals surface area contributed by atoms with E-state index in [1.54, 1.807) is 142 Å². The van der Waals surface area contributed by atoms with Crippen molar-refractivity contribution in [1.82, 2.24) is 36.4 Å². The molecule has 0 aliphatic carbocycles. The van der Waals surface area contributed by atoms with Gasteiger partial charge in [-0.15, -0.1) is 0 Å². The van der Waals surface area contributed by atoms with Crippen molar-refractivity contribution in [2.75, 3.05) is 33.7 Å². The molecule has 8 bridgehead atoms. The predicted octanol–water partition coefficient (Wildman–Crippen LogP) is 18.2. The number of amides is 7. The Balaban J connectivity index is 0.000000346. The summed E-state index contributed by atoms with van der Waals surface area (Å²) in [6.07, 6.45) is -1.86. The first-order chi connectivity index (χ1) is 66.0. The summed E-state index contributed by atoms with van der Waals surface area (Å²) in [7, 11) is 2.87. The van der Waals surface area contributed by atoms with E-state index >= 15 is 4.79 Å². The predicted molar refractivity (Wildman–Crippen MR) is 540 cm³/mol. The lowest BCUT2D eigenvalue weighted by atomic mass is 9.87. The third-order valence-corrected chi connectivity index (χ3v) is 24.5. The number of nitrogens with two attached hydrogens (primary N) is 1. The SMILES string of the molecule is C.C.C[C@@H]1CC(=O)[C@@H](N(C)C(=O)[C@H](CCCCN)CC(=O)c2ccc(-c3ccc(Cl)cc3)cc2)c2ccc(O)c(c2)-c2cc(ccc2O)C[C@@H](C(=O)C[C@@H](C)C(=O)N[C@@H]2CCNC2=O)NC1=O.C[C@@H]1CC(=O)[C@@H](N(C)C(=O)[C@H](CCCCNC(=O)OC(C)(C)C)CC(=O)c2ccc(-c3ccc(Cl)cc3)cc2)c2ccc(OC(=O)OC(C)(C)C)c(c2)-c2cc(ccc2OC(=O)OC(C)(C)C)C[C@@H](C(=O)O)NC1=O. The highest BCUT2D eigenvalue weighted by molar-refractivity contribution is 6.31. The van der Waals surface area contributed by atoms with Crippen LogP contribution in [0.1, 0.15) is 230 Å². The van der Waals surface area contributed by atoms with E-state index in [0.29, 0.717) is 89.5 Å². The fourth-order valence-corrected chi connectivity index (χ4v) is 16.9. The fraction of sp³-hybridized carbons (Fsp3) is 0.422. The number of hydrogen-bond donors (Lipinski definition) is 9. The van der Waals surface area contributed by atoms with Crippen molar-refractivity contribution in [3.8, 4) is 67.5 Å². The maximum absolute atomic E-state index is 15.2. The Kier molecular flexibility index (Phi) is 40.5. The van der Waals surface area contributed by atoms with E-state index in [-0.39, 0.29) is 135 Å². The van der Waals surface area contributed by atoms with Gasteiger partial charge in [0.05, 0.1) is 6.04 Å². The molecule has 760 valence electrons. The lowest BCUT2D eigenvalue weighted by Gasteiger charge is -2.32. The highest BCUT2D eigenvalue weighted by atomic mass is 35.5. The van der Waals surface area contributed by atoms with Crippen LogP contribution in [0.5, 0.6) is 23.0 Å². The second kappa shape index (κ2) is 50.6. The van der Waals surface area contributed by atoms with Crippen LogP contribution in [0, 0.1) is 29.6 Å². The number of nitrogens with one attached hydrogen (secondary N) is 5. The maximum Gasteiger partial charge on any atom is 0.514 e. The third kappa shape index (κ3) is 32.2. The molecule has 7 amide bonds. The maximum atomic E-state index is 15.2. The van der Waals surface area contributed by atoms with Crippen molar-refractivity contribution in [1.29, 1.82) is 0 Å². The molecule has 0 spiro atoms. The number of carboxylic acid groups (broad SMARTS) is 1. The Morgan fingerprint density at radius 2 is 0.880 bits per heavy atom. The number of likely N-dealkylation sites (N-methyl/N-ethyl adjacent to an activating group) is 2. The van der Waals surface area contributed by atoms with Gasteiger partial charge in [-0.1, -0.05) is 169 Å². The van der Waals surface area contributed by atoms with Crippen molar-refractivity contribution < 1.29 is 111 Å². The molecule has 11 rings (SSSR count).